The standard InChI is InChI=1S/C10H16N2O2/c11-9-3-1-2-4-10(9)12(5-7-13)6-8-14/h1-4,13-14H,5-8,11H2. The maximum atomic E-state index is 8.85. The number of nitrogen functional groups attached to an aromatic ring is 1. The van der Waals surface area contributed by atoms with E-state index in [1.807, 2.05) is 23.1 Å². The molecule has 0 bridgehead atoms. The molecule has 0 aromatic heterocycles. The van der Waals surface area contributed by atoms with Crippen LogP contribution in [0.5, 0.6) is 0 Å². The number of aliphatic hydroxyl groups excluding tert-OH is 2. The molecule has 0 aliphatic heterocycles. The summed E-state index contributed by atoms with van der Waals surface area (Å²) in [7, 11) is 0. The van der Waals surface area contributed by atoms with Crippen molar-refractivity contribution in [2.75, 3.05) is 36.9 Å². The molecule has 4 nitrogen and oxygen atoms in total. The van der Waals surface area contributed by atoms with E-state index in [9.17, 15) is 0 Å². The predicted molar refractivity (Wildman–Crippen MR) is 57.2 cm³/mol. The van der Waals surface area contributed by atoms with Crippen molar-refractivity contribution in [3.05, 3.63) is 24.3 Å². The second-order valence-corrected chi connectivity index (χ2v) is 2.99. The molecule has 0 saturated heterocycles. The Labute approximate surface area is 83.6 Å². The number of nitrogens with zero attached hydrogens (tertiary/aromatic N) is 1. The second-order valence-electron chi connectivity index (χ2n) is 2.99. The van der Waals surface area contributed by atoms with Crippen LogP contribution in [-0.2, 0) is 0 Å². The summed E-state index contributed by atoms with van der Waals surface area (Å²) < 4.78 is 0. The first-order valence-corrected chi connectivity index (χ1v) is 4.60. The lowest BCUT2D eigenvalue weighted by Crippen LogP contribution is -2.30. The van der Waals surface area contributed by atoms with Gasteiger partial charge in [0.25, 0.3) is 0 Å². The first kappa shape index (κ1) is 10.8. The van der Waals surface area contributed by atoms with Crippen molar-refractivity contribution >= 4 is 11.4 Å². The molecule has 0 radical (unpaired) electrons. The van der Waals surface area contributed by atoms with Crippen LogP contribution in [0.4, 0.5) is 11.4 Å². The third kappa shape index (κ3) is 2.61. The van der Waals surface area contributed by atoms with E-state index in [2.05, 4.69) is 0 Å². The zero-order valence-electron chi connectivity index (χ0n) is 8.06. The van der Waals surface area contributed by atoms with Crippen LogP contribution in [0.2, 0.25) is 0 Å². The number of hydrogen-bond acceptors (Lipinski definition) is 4. The number of hydrogen-bond donors (Lipinski definition) is 3. The Morgan fingerprint density at radius 2 is 1.64 bits per heavy atom. The summed E-state index contributed by atoms with van der Waals surface area (Å²) in [5, 5.41) is 17.7. The van der Waals surface area contributed by atoms with Gasteiger partial charge in [0, 0.05) is 13.1 Å². The van der Waals surface area contributed by atoms with Crippen LogP contribution in [-0.4, -0.2) is 36.5 Å². The fourth-order valence-corrected chi connectivity index (χ4v) is 1.37. The molecule has 0 fully saturated rings. The molecule has 0 spiro atoms. The van der Waals surface area contributed by atoms with Crippen LogP contribution in [0.15, 0.2) is 24.3 Å². The summed E-state index contributed by atoms with van der Waals surface area (Å²) in [5.74, 6) is 0. The highest BCUT2D eigenvalue weighted by atomic mass is 16.3. The lowest BCUT2D eigenvalue weighted by Gasteiger charge is -2.24. The van der Waals surface area contributed by atoms with Crippen molar-refractivity contribution < 1.29 is 10.2 Å². The van der Waals surface area contributed by atoms with E-state index >= 15 is 0 Å². The highest BCUT2D eigenvalue weighted by Gasteiger charge is 2.07. The zero-order valence-corrected chi connectivity index (χ0v) is 8.06. The maximum Gasteiger partial charge on any atom is 0.0606 e. The van der Waals surface area contributed by atoms with Gasteiger partial charge >= 0.3 is 0 Å². The van der Waals surface area contributed by atoms with Crippen molar-refractivity contribution in [3.63, 3.8) is 0 Å². The zero-order chi connectivity index (χ0) is 10.4. The first-order chi connectivity index (χ1) is 6.79. The van der Waals surface area contributed by atoms with Gasteiger partial charge in [0.2, 0.25) is 0 Å². The van der Waals surface area contributed by atoms with Crippen LogP contribution in [0.3, 0.4) is 0 Å². The first-order valence-electron chi connectivity index (χ1n) is 4.60. The lowest BCUT2D eigenvalue weighted by atomic mass is 10.2. The molecule has 0 heterocycles. The Kier molecular flexibility index (Phi) is 4.22. The summed E-state index contributed by atoms with van der Waals surface area (Å²) >= 11 is 0. The third-order valence-corrected chi connectivity index (χ3v) is 2.02. The third-order valence-electron chi connectivity index (χ3n) is 2.02. The van der Waals surface area contributed by atoms with E-state index in [0.29, 0.717) is 18.8 Å². The highest BCUT2D eigenvalue weighted by molar-refractivity contribution is 5.67. The van der Waals surface area contributed by atoms with Crippen LogP contribution >= 0.6 is 0 Å². The van der Waals surface area contributed by atoms with Crippen LogP contribution in [0, 0.1) is 0 Å². The van der Waals surface area contributed by atoms with Gasteiger partial charge in [-0.3, -0.25) is 0 Å². The molecule has 14 heavy (non-hydrogen) atoms. The number of nitrogens with two attached hydrogens (primary N) is 1. The minimum absolute atomic E-state index is 0.0499. The normalized spacial score (nSPS) is 10.1. The van der Waals surface area contributed by atoms with Gasteiger partial charge in [-0.2, -0.15) is 0 Å². The summed E-state index contributed by atoms with van der Waals surface area (Å²) in [5.41, 5.74) is 7.30. The molecule has 0 atom stereocenters. The Hall–Kier alpha value is -1.26. The Balaban J connectivity index is 2.81. The molecule has 78 valence electrons. The SMILES string of the molecule is Nc1ccccc1N(CCO)CCO. The van der Waals surface area contributed by atoms with Crippen molar-refractivity contribution in [2.24, 2.45) is 0 Å². The van der Waals surface area contributed by atoms with Crippen LogP contribution in [0.25, 0.3) is 0 Å². The van der Waals surface area contributed by atoms with Gasteiger partial charge in [-0.1, -0.05) is 12.1 Å². The van der Waals surface area contributed by atoms with Gasteiger partial charge in [0.15, 0.2) is 0 Å². The lowest BCUT2D eigenvalue weighted by molar-refractivity contribution is 0.281. The summed E-state index contributed by atoms with van der Waals surface area (Å²) in [6, 6.07) is 7.42. The summed E-state index contributed by atoms with van der Waals surface area (Å²) in [6.45, 7) is 1.06. The molecule has 1 aromatic carbocycles. The van der Waals surface area contributed by atoms with Crippen molar-refractivity contribution in [3.8, 4) is 0 Å². The van der Waals surface area contributed by atoms with Crippen molar-refractivity contribution in [1.82, 2.24) is 0 Å². The van der Waals surface area contributed by atoms with E-state index in [0.717, 1.165) is 5.69 Å². The fourth-order valence-electron chi connectivity index (χ4n) is 1.37. The van der Waals surface area contributed by atoms with Gasteiger partial charge in [-0.05, 0) is 12.1 Å². The largest absolute Gasteiger partial charge is 0.397 e. The average molecular weight is 196 g/mol. The topological polar surface area (TPSA) is 69.7 Å². The molecule has 1 aromatic rings. The van der Waals surface area contributed by atoms with Crippen LogP contribution in [0.1, 0.15) is 0 Å². The quantitative estimate of drug-likeness (QED) is 0.582. The van der Waals surface area contributed by atoms with E-state index in [4.69, 9.17) is 15.9 Å². The molecule has 4 N–H and O–H groups in total. The van der Waals surface area contributed by atoms with Crippen LogP contribution < -0.4 is 10.6 Å². The maximum absolute atomic E-state index is 8.85. The highest BCUT2D eigenvalue weighted by Crippen LogP contribution is 2.21. The van der Waals surface area contributed by atoms with Crippen molar-refractivity contribution in [2.45, 2.75) is 0 Å². The predicted octanol–water partition coefficient (Wildman–Crippen LogP) is 0.0598. The monoisotopic (exact) mass is 196 g/mol. The number of aliphatic hydroxyl groups is 2. The molecular weight excluding hydrogens is 180 g/mol. The van der Waals surface area contributed by atoms with Crippen molar-refractivity contribution in [1.29, 1.82) is 0 Å². The minimum Gasteiger partial charge on any atom is -0.397 e. The van der Waals surface area contributed by atoms with E-state index in [1.54, 1.807) is 6.07 Å². The van der Waals surface area contributed by atoms with E-state index in [-0.39, 0.29) is 13.2 Å². The Bertz CT molecular complexity index is 273. The van der Waals surface area contributed by atoms with Gasteiger partial charge in [-0.15, -0.1) is 0 Å². The Morgan fingerprint density at radius 1 is 1.07 bits per heavy atom. The molecule has 1 rings (SSSR count). The molecule has 0 aliphatic carbocycles. The van der Waals surface area contributed by atoms with E-state index in [1.165, 1.54) is 0 Å². The molecule has 0 aliphatic rings. The molecule has 0 amide bonds. The smallest absolute Gasteiger partial charge is 0.0606 e. The van der Waals surface area contributed by atoms with Gasteiger partial charge in [0.1, 0.15) is 0 Å². The van der Waals surface area contributed by atoms with Gasteiger partial charge in [0.05, 0.1) is 24.6 Å². The molecular formula is C10H16N2O2. The summed E-state index contributed by atoms with van der Waals surface area (Å²) in [6.07, 6.45) is 0. The Morgan fingerprint density at radius 3 is 2.14 bits per heavy atom. The van der Waals surface area contributed by atoms with E-state index < -0.39 is 0 Å². The number of anilines is 2. The molecule has 0 saturated carbocycles. The minimum atomic E-state index is 0.0499. The average Bonchev–Trinajstić information content (AvgIpc) is 2.18. The number of para-hydroxylation sites is 2. The van der Waals surface area contributed by atoms with Gasteiger partial charge in [-0.25, -0.2) is 0 Å². The number of rotatable bonds is 5. The molecule has 4 heteroatoms. The fraction of sp³-hybridized carbons (Fsp3) is 0.400. The second kappa shape index (κ2) is 5.47. The summed E-state index contributed by atoms with van der Waals surface area (Å²) in [4.78, 5) is 1.86. The number of benzene rings is 1. The van der Waals surface area contributed by atoms with Gasteiger partial charge < -0.3 is 20.8 Å². The molecule has 0 unspecified atom stereocenters.